The zero-order valence-electron chi connectivity index (χ0n) is 34.7. The summed E-state index contributed by atoms with van der Waals surface area (Å²) < 4.78 is 11.0. The highest BCUT2D eigenvalue weighted by Gasteiger charge is 2.34. The normalized spacial score (nSPS) is 13.2. The highest BCUT2D eigenvalue weighted by Crippen LogP contribution is 2.22. The molecule has 320 valence electrons. The summed E-state index contributed by atoms with van der Waals surface area (Å²) in [4.78, 5) is 85.5. The number of H-pyrrole nitrogens is 1. The lowest BCUT2D eigenvalue weighted by atomic mass is 9.98. The van der Waals surface area contributed by atoms with E-state index in [4.69, 9.17) is 15.2 Å². The summed E-state index contributed by atoms with van der Waals surface area (Å²) in [5, 5.41) is 13.3. The minimum absolute atomic E-state index is 0.0156. The largest absolute Gasteiger partial charge is 0.461 e. The van der Waals surface area contributed by atoms with E-state index in [-0.39, 0.29) is 19.4 Å². The first-order valence-electron chi connectivity index (χ1n) is 20.2. The number of hydrogen-bond donors (Lipinski definition) is 6. The Hall–Kier alpha value is -7.48. The van der Waals surface area contributed by atoms with Crippen molar-refractivity contribution in [3.63, 3.8) is 0 Å². The van der Waals surface area contributed by atoms with E-state index < -0.39 is 71.9 Å². The Morgan fingerprint density at radius 1 is 0.613 bits per heavy atom. The standard InChI is InChI=1S/C48H50N6O8/c1-48(2,3)62-47(60)53-39(26-34-28-50-37-24-13-12-23-36(34)37)45(58)54-42(32-18-8-5-9-19-32)46(59)52-40(27-41(55)61-29-30-15-6-4-7-16-30)44(57)51-38(43(49)56)25-33-21-14-20-31-17-10-11-22-35(31)33/h4-24,28,38-40,42,50H,25-27,29H2,1-3H3,(H2,49,56)(H,51,57)(H,52,59)(H,53,60)(H,54,58)/t38-,39-,40-,42-/m0/s1. The molecule has 0 unspecified atom stereocenters. The van der Waals surface area contributed by atoms with Gasteiger partial charge in [-0.3, -0.25) is 24.0 Å². The fraction of sp³-hybridized carbons (Fsp3) is 0.250. The molecule has 0 spiro atoms. The van der Waals surface area contributed by atoms with Crippen LogP contribution in [0.3, 0.4) is 0 Å². The van der Waals surface area contributed by atoms with Crippen LogP contribution in [0.1, 0.15) is 55.5 Å². The molecule has 14 heteroatoms. The van der Waals surface area contributed by atoms with E-state index in [2.05, 4.69) is 26.3 Å². The number of para-hydroxylation sites is 1. The minimum atomic E-state index is -1.59. The molecule has 62 heavy (non-hydrogen) atoms. The molecular weight excluding hydrogens is 789 g/mol. The van der Waals surface area contributed by atoms with Crippen LogP contribution in [0.25, 0.3) is 21.7 Å². The first-order chi connectivity index (χ1) is 29.7. The van der Waals surface area contributed by atoms with Crippen molar-refractivity contribution in [3.8, 4) is 0 Å². The molecule has 0 fully saturated rings. The van der Waals surface area contributed by atoms with Crippen molar-refractivity contribution in [1.29, 1.82) is 0 Å². The molecule has 6 rings (SSSR count). The first-order valence-corrected chi connectivity index (χ1v) is 20.2. The summed E-state index contributed by atoms with van der Waals surface area (Å²) in [5.74, 6) is -4.15. The second kappa shape index (κ2) is 20.2. The van der Waals surface area contributed by atoms with Gasteiger partial charge in [0, 0.05) is 29.9 Å². The van der Waals surface area contributed by atoms with Crippen LogP contribution in [0.5, 0.6) is 0 Å². The lowest BCUT2D eigenvalue weighted by Gasteiger charge is -2.27. The molecule has 1 heterocycles. The first kappa shape index (κ1) is 44.1. The van der Waals surface area contributed by atoms with E-state index in [1.165, 1.54) is 0 Å². The van der Waals surface area contributed by atoms with Crippen LogP contribution in [0.4, 0.5) is 4.79 Å². The zero-order chi connectivity index (χ0) is 44.2. The van der Waals surface area contributed by atoms with E-state index in [1.807, 2.05) is 72.8 Å². The van der Waals surface area contributed by atoms with Gasteiger partial charge in [-0.1, -0.05) is 121 Å². The quantitative estimate of drug-likeness (QED) is 0.0650. The van der Waals surface area contributed by atoms with Gasteiger partial charge in [0.05, 0.1) is 6.42 Å². The molecule has 0 aliphatic rings. The third-order valence-electron chi connectivity index (χ3n) is 10.00. The molecule has 6 aromatic rings. The molecule has 4 atom stereocenters. The number of alkyl carbamates (subject to hydrolysis) is 1. The third-order valence-corrected chi connectivity index (χ3v) is 10.00. The fourth-order valence-corrected chi connectivity index (χ4v) is 6.98. The third kappa shape index (κ3) is 12.1. The number of nitrogens with two attached hydrogens (primary N) is 1. The number of aromatic amines is 1. The molecule has 0 bridgehead atoms. The number of rotatable bonds is 17. The predicted molar refractivity (Wildman–Crippen MR) is 234 cm³/mol. The summed E-state index contributed by atoms with van der Waals surface area (Å²) in [6.07, 6.45) is 0.289. The molecule has 0 aliphatic heterocycles. The molecule has 0 saturated heterocycles. The lowest BCUT2D eigenvalue weighted by Crippen LogP contribution is -2.56. The van der Waals surface area contributed by atoms with E-state index in [9.17, 15) is 28.8 Å². The van der Waals surface area contributed by atoms with Crippen LogP contribution in [0, 0.1) is 0 Å². The molecule has 5 aromatic carbocycles. The molecule has 5 amide bonds. The SMILES string of the molecule is CC(C)(C)OC(=O)N[C@@H](Cc1c[nH]c2ccccc12)C(=O)N[C@H](C(=O)N[C@@H](CC(=O)OCc1ccccc1)C(=O)N[C@@H](Cc1cccc2ccccc12)C(N)=O)c1ccccc1. The van der Waals surface area contributed by atoms with Crippen molar-refractivity contribution in [3.05, 3.63) is 156 Å². The number of carbonyl (C=O) groups is 6. The van der Waals surface area contributed by atoms with Gasteiger partial charge < -0.3 is 41.5 Å². The fourth-order valence-electron chi connectivity index (χ4n) is 6.98. The van der Waals surface area contributed by atoms with E-state index >= 15 is 0 Å². The second-order valence-corrected chi connectivity index (χ2v) is 15.8. The van der Waals surface area contributed by atoms with Crippen molar-refractivity contribution >= 4 is 57.4 Å². The number of aromatic nitrogens is 1. The van der Waals surface area contributed by atoms with E-state index in [1.54, 1.807) is 81.6 Å². The Labute approximate surface area is 358 Å². The number of esters is 1. The van der Waals surface area contributed by atoms with Gasteiger partial charge in [0.25, 0.3) is 0 Å². The van der Waals surface area contributed by atoms with Crippen LogP contribution < -0.4 is 27.0 Å². The van der Waals surface area contributed by atoms with Crippen LogP contribution in [-0.2, 0) is 52.9 Å². The van der Waals surface area contributed by atoms with E-state index in [0.717, 1.165) is 32.8 Å². The van der Waals surface area contributed by atoms with Crippen molar-refractivity contribution in [2.75, 3.05) is 0 Å². The van der Waals surface area contributed by atoms with Gasteiger partial charge in [0.2, 0.25) is 23.6 Å². The maximum Gasteiger partial charge on any atom is 0.408 e. The molecule has 7 N–H and O–H groups in total. The van der Waals surface area contributed by atoms with Crippen molar-refractivity contribution in [2.24, 2.45) is 5.73 Å². The number of amides is 5. The molecule has 0 saturated carbocycles. The van der Waals surface area contributed by atoms with Gasteiger partial charge >= 0.3 is 12.1 Å². The lowest BCUT2D eigenvalue weighted by molar-refractivity contribution is -0.147. The Morgan fingerprint density at radius 2 is 1.21 bits per heavy atom. The van der Waals surface area contributed by atoms with Crippen LogP contribution in [-0.4, -0.2) is 64.4 Å². The van der Waals surface area contributed by atoms with Gasteiger partial charge in [-0.05, 0) is 59.9 Å². The number of benzene rings is 5. The maximum atomic E-state index is 14.5. The Bertz CT molecular complexity index is 2530. The monoisotopic (exact) mass is 838 g/mol. The van der Waals surface area contributed by atoms with Gasteiger partial charge in [-0.25, -0.2) is 4.79 Å². The second-order valence-electron chi connectivity index (χ2n) is 15.8. The minimum Gasteiger partial charge on any atom is -0.461 e. The Balaban J connectivity index is 1.27. The van der Waals surface area contributed by atoms with Crippen molar-refractivity contribution in [1.82, 2.24) is 26.3 Å². The highest BCUT2D eigenvalue weighted by molar-refractivity contribution is 5.97. The average molecular weight is 839 g/mol. The van der Waals surface area contributed by atoms with E-state index in [0.29, 0.717) is 11.1 Å². The van der Waals surface area contributed by atoms with Crippen molar-refractivity contribution < 1.29 is 38.2 Å². The van der Waals surface area contributed by atoms with Crippen LogP contribution >= 0.6 is 0 Å². The summed E-state index contributed by atoms with van der Waals surface area (Å²) in [7, 11) is 0. The molecule has 0 aliphatic carbocycles. The molecule has 14 nitrogen and oxygen atoms in total. The van der Waals surface area contributed by atoms with Gasteiger partial charge in [-0.2, -0.15) is 0 Å². The summed E-state index contributed by atoms with van der Waals surface area (Å²) in [5.41, 5.74) is 8.26. The van der Waals surface area contributed by atoms with Gasteiger partial charge in [0.15, 0.2) is 0 Å². The summed E-state index contributed by atoms with van der Waals surface area (Å²) in [6.45, 7) is 4.97. The van der Waals surface area contributed by atoms with Gasteiger partial charge in [-0.15, -0.1) is 0 Å². The Morgan fingerprint density at radius 3 is 1.92 bits per heavy atom. The number of fused-ring (bicyclic) bond motifs is 2. The highest BCUT2D eigenvalue weighted by atomic mass is 16.6. The zero-order valence-corrected chi connectivity index (χ0v) is 34.7. The Kier molecular flexibility index (Phi) is 14.4. The number of nitrogens with one attached hydrogen (secondary N) is 5. The summed E-state index contributed by atoms with van der Waals surface area (Å²) >= 11 is 0. The smallest absolute Gasteiger partial charge is 0.408 e. The van der Waals surface area contributed by atoms with Crippen LogP contribution in [0.15, 0.2) is 134 Å². The predicted octanol–water partition coefficient (Wildman–Crippen LogP) is 5.45. The summed E-state index contributed by atoms with van der Waals surface area (Å²) in [6, 6.07) is 32.3. The van der Waals surface area contributed by atoms with Crippen molar-refractivity contribution in [2.45, 2.75) is 76.4 Å². The van der Waals surface area contributed by atoms with Gasteiger partial charge in [0.1, 0.15) is 36.4 Å². The average Bonchev–Trinajstić information content (AvgIpc) is 3.66. The number of ether oxygens (including phenoxy) is 2. The number of carbonyl (C=O) groups excluding carboxylic acids is 6. The molecule has 0 radical (unpaired) electrons. The number of hydrogen-bond acceptors (Lipinski definition) is 8. The maximum absolute atomic E-state index is 14.5. The number of primary amides is 1. The molecule has 1 aromatic heterocycles. The van der Waals surface area contributed by atoms with Crippen LogP contribution in [0.2, 0.25) is 0 Å². The molecular formula is C48H50N6O8. The topological polar surface area (TPSA) is 211 Å².